The fourth-order valence-electron chi connectivity index (χ4n) is 2.35. The van der Waals surface area contributed by atoms with Crippen molar-refractivity contribution >= 4 is 25.2 Å². The van der Waals surface area contributed by atoms with Gasteiger partial charge in [0.15, 0.2) is 0 Å². The third kappa shape index (κ3) is 6.50. The predicted octanol–water partition coefficient (Wildman–Crippen LogP) is 3.57. The van der Waals surface area contributed by atoms with Crippen molar-refractivity contribution in [1.82, 2.24) is 0 Å². The van der Waals surface area contributed by atoms with Gasteiger partial charge in [0.05, 0.1) is 0 Å². The number of carbonyl (C=O) groups excluding carboxylic acids is 1. The Hall–Kier alpha value is -1.87. The van der Waals surface area contributed by atoms with Gasteiger partial charge in [0.25, 0.3) is 0 Å². The first-order valence-electron chi connectivity index (χ1n) is 8.49. The second kappa shape index (κ2) is 10.9. The molecule has 0 aliphatic heterocycles. The molecular weight excluding hydrogens is 379 g/mol. The summed E-state index contributed by atoms with van der Waals surface area (Å²) in [6.45, 7) is 4.98. The molecular formula is C21H24O3Se. The summed E-state index contributed by atoms with van der Waals surface area (Å²) in [6.07, 6.45) is -0.0580. The Bertz CT molecular complexity index is 668. The van der Waals surface area contributed by atoms with Crippen molar-refractivity contribution in [3.8, 4) is 0 Å². The monoisotopic (exact) mass is 404 g/mol. The van der Waals surface area contributed by atoms with Gasteiger partial charge in [-0.1, -0.05) is 0 Å². The number of hydrogen-bond acceptors (Lipinski definition) is 3. The van der Waals surface area contributed by atoms with Crippen molar-refractivity contribution in [2.24, 2.45) is 0 Å². The molecule has 2 aromatic rings. The standard InChI is InChI=1S/C21H24O3Se/c1-3-23-20(15-19(22)17-11-7-5-8-12-17)21(24-4-2)16-25-18-13-9-6-10-14-18/h5-14,16,20H,3-4,15H2,1-2H3/b21-16-. The van der Waals surface area contributed by atoms with Crippen LogP contribution in [0.15, 0.2) is 71.4 Å². The van der Waals surface area contributed by atoms with E-state index in [9.17, 15) is 4.79 Å². The van der Waals surface area contributed by atoms with E-state index in [4.69, 9.17) is 9.47 Å². The number of benzene rings is 2. The van der Waals surface area contributed by atoms with Crippen molar-refractivity contribution in [2.75, 3.05) is 13.2 Å². The molecule has 0 aromatic heterocycles. The predicted molar refractivity (Wildman–Crippen MR) is 102 cm³/mol. The minimum atomic E-state index is -0.344. The van der Waals surface area contributed by atoms with Crippen LogP contribution in [0.1, 0.15) is 30.6 Å². The first kappa shape index (κ1) is 19.5. The van der Waals surface area contributed by atoms with Crippen molar-refractivity contribution in [3.63, 3.8) is 0 Å². The van der Waals surface area contributed by atoms with Crippen LogP contribution >= 0.6 is 0 Å². The number of hydrogen-bond donors (Lipinski definition) is 0. The van der Waals surface area contributed by atoms with Gasteiger partial charge in [-0.05, 0) is 0 Å². The molecule has 0 heterocycles. The topological polar surface area (TPSA) is 35.5 Å². The van der Waals surface area contributed by atoms with E-state index in [1.807, 2.05) is 62.4 Å². The van der Waals surface area contributed by atoms with Crippen molar-refractivity contribution in [3.05, 3.63) is 77.0 Å². The molecule has 25 heavy (non-hydrogen) atoms. The van der Waals surface area contributed by atoms with Crippen molar-refractivity contribution < 1.29 is 14.3 Å². The second-order valence-electron chi connectivity index (χ2n) is 5.32. The maximum absolute atomic E-state index is 12.6. The van der Waals surface area contributed by atoms with E-state index in [1.54, 1.807) is 0 Å². The van der Waals surface area contributed by atoms with E-state index < -0.39 is 0 Å². The van der Waals surface area contributed by atoms with E-state index in [-0.39, 0.29) is 33.3 Å². The summed E-state index contributed by atoms with van der Waals surface area (Å²) in [5.41, 5.74) is 0.705. The van der Waals surface area contributed by atoms with E-state index in [1.165, 1.54) is 4.46 Å². The zero-order chi connectivity index (χ0) is 17.9. The number of rotatable bonds is 10. The van der Waals surface area contributed by atoms with E-state index in [0.717, 1.165) is 5.76 Å². The molecule has 2 rings (SSSR count). The Morgan fingerprint density at radius 2 is 1.64 bits per heavy atom. The van der Waals surface area contributed by atoms with Gasteiger partial charge in [-0.2, -0.15) is 0 Å². The van der Waals surface area contributed by atoms with Gasteiger partial charge >= 0.3 is 156 Å². The molecule has 0 N–H and O–H groups in total. The van der Waals surface area contributed by atoms with Crippen LogP contribution in [-0.2, 0) is 9.47 Å². The quantitative estimate of drug-likeness (QED) is 0.346. The molecule has 0 aliphatic rings. The van der Waals surface area contributed by atoms with Crippen LogP contribution < -0.4 is 4.46 Å². The maximum atomic E-state index is 12.6. The Balaban J connectivity index is 2.13. The molecule has 0 fully saturated rings. The molecule has 0 saturated carbocycles. The van der Waals surface area contributed by atoms with Crippen LogP contribution in [0.4, 0.5) is 0 Å². The van der Waals surface area contributed by atoms with Crippen LogP contribution in [-0.4, -0.2) is 40.1 Å². The Kier molecular flexibility index (Phi) is 8.47. The van der Waals surface area contributed by atoms with Gasteiger partial charge in [-0.3, -0.25) is 0 Å². The second-order valence-corrected chi connectivity index (χ2v) is 7.30. The number of ketones is 1. The molecule has 0 amide bonds. The van der Waals surface area contributed by atoms with Crippen molar-refractivity contribution in [1.29, 1.82) is 0 Å². The van der Waals surface area contributed by atoms with Crippen molar-refractivity contribution in [2.45, 2.75) is 26.4 Å². The summed E-state index contributed by atoms with van der Waals surface area (Å²) in [4.78, 5) is 14.6. The molecule has 1 atom stereocenters. The molecule has 0 bridgehead atoms. The van der Waals surface area contributed by atoms with Crippen LogP contribution in [0, 0.1) is 0 Å². The molecule has 3 nitrogen and oxygen atoms in total. The molecule has 1 unspecified atom stereocenters. The molecule has 2 aromatic carbocycles. The fourth-order valence-corrected chi connectivity index (χ4v) is 4.00. The Labute approximate surface area is 156 Å². The minimum absolute atomic E-state index is 0.0665. The third-order valence-corrected chi connectivity index (χ3v) is 5.39. The average molecular weight is 403 g/mol. The Morgan fingerprint density at radius 1 is 1.00 bits per heavy atom. The molecule has 0 spiro atoms. The first-order chi connectivity index (χ1) is 12.2. The summed E-state index contributed by atoms with van der Waals surface area (Å²) < 4.78 is 12.9. The van der Waals surface area contributed by atoms with Gasteiger partial charge in [-0.25, -0.2) is 0 Å². The molecule has 0 aliphatic carbocycles. The summed E-state index contributed by atoms with van der Waals surface area (Å²) in [6, 6.07) is 19.6. The molecule has 132 valence electrons. The third-order valence-electron chi connectivity index (χ3n) is 3.52. The van der Waals surface area contributed by atoms with Gasteiger partial charge in [-0.15, -0.1) is 0 Å². The molecule has 0 saturated heterocycles. The molecule has 0 radical (unpaired) electrons. The van der Waals surface area contributed by atoms with Crippen LogP contribution in [0.5, 0.6) is 0 Å². The summed E-state index contributed by atoms with van der Waals surface area (Å²) in [7, 11) is 0. The molecule has 4 heteroatoms. The summed E-state index contributed by atoms with van der Waals surface area (Å²) >= 11 is 0.136. The van der Waals surface area contributed by atoms with E-state index >= 15 is 0 Å². The van der Waals surface area contributed by atoms with E-state index in [2.05, 4.69) is 17.1 Å². The number of Topliss-reactive ketones (excluding diaryl/α,β-unsaturated/α-hetero) is 1. The Morgan fingerprint density at radius 3 is 2.24 bits per heavy atom. The first-order valence-corrected chi connectivity index (χ1v) is 10.3. The normalized spacial score (nSPS) is 12.6. The zero-order valence-electron chi connectivity index (χ0n) is 14.7. The number of ether oxygens (including phenoxy) is 2. The van der Waals surface area contributed by atoms with Crippen LogP contribution in [0.25, 0.3) is 0 Å². The van der Waals surface area contributed by atoms with E-state index in [0.29, 0.717) is 18.8 Å². The fraction of sp³-hybridized carbons (Fsp3) is 0.286. The SMILES string of the molecule is CCO/C(=C\[Se]c1ccccc1)C(CC(=O)c1ccccc1)OCC. The van der Waals surface area contributed by atoms with Gasteiger partial charge in [0.1, 0.15) is 0 Å². The van der Waals surface area contributed by atoms with Crippen LogP contribution in [0.3, 0.4) is 0 Å². The summed E-state index contributed by atoms with van der Waals surface area (Å²) in [5.74, 6) is 0.828. The van der Waals surface area contributed by atoms with Crippen LogP contribution in [0.2, 0.25) is 0 Å². The van der Waals surface area contributed by atoms with Gasteiger partial charge in [0.2, 0.25) is 0 Å². The average Bonchev–Trinajstić information content (AvgIpc) is 2.66. The summed E-state index contributed by atoms with van der Waals surface area (Å²) in [5, 5.41) is 0. The van der Waals surface area contributed by atoms with Gasteiger partial charge < -0.3 is 0 Å². The van der Waals surface area contributed by atoms with Gasteiger partial charge in [0, 0.05) is 0 Å². The number of carbonyl (C=O) groups is 1. The zero-order valence-corrected chi connectivity index (χ0v) is 16.4.